The summed E-state index contributed by atoms with van der Waals surface area (Å²) in [4.78, 5) is 42.3. The molecule has 0 saturated carbocycles. The molecule has 0 aliphatic carbocycles. The molecular formula is C27H23FN3O5S+. The maximum Gasteiger partial charge on any atom is 0.501 e. The minimum absolute atomic E-state index is 0.0386. The molecule has 0 bridgehead atoms. The van der Waals surface area contributed by atoms with Gasteiger partial charge in [0.2, 0.25) is 0 Å². The molecule has 3 aromatic rings. The standard InChI is InChI=1S/C27H22FN3O5S/c1-35-18-11-12-20(21(13-18)36-2)29-23(32)15-30-24-19-5-3-4-6-22(19)37-25(24)26(33)31(27(30)34)14-16-7-9-17(28)10-8-16/h3-13,25H,14-15H2,1-2H3/p+1. The third-order valence-electron chi connectivity index (χ3n) is 6.14. The molecule has 1 N–H and O–H groups in total. The fourth-order valence-corrected chi connectivity index (χ4v) is 5.65. The number of anilines is 1. The van der Waals surface area contributed by atoms with Crippen LogP contribution in [0.15, 0.2) is 71.6 Å². The van der Waals surface area contributed by atoms with Gasteiger partial charge in [-0.2, -0.15) is 14.3 Å². The summed E-state index contributed by atoms with van der Waals surface area (Å²) < 4.78 is 25.3. The van der Waals surface area contributed by atoms with Crippen LogP contribution in [0.1, 0.15) is 11.1 Å². The number of nitrogens with one attached hydrogen (secondary N) is 1. The summed E-state index contributed by atoms with van der Waals surface area (Å²) in [7, 11) is 3.00. The largest absolute Gasteiger partial charge is 0.501 e. The zero-order valence-corrected chi connectivity index (χ0v) is 20.9. The van der Waals surface area contributed by atoms with Crippen LogP contribution in [0.4, 0.5) is 14.9 Å². The molecule has 1 unspecified atom stereocenters. The number of amides is 4. The lowest BCUT2D eigenvalue weighted by Gasteiger charge is -2.24. The third kappa shape index (κ3) is 4.67. The first-order chi connectivity index (χ1) is 17.9. The van der Waals surface area contributed by atoms with Crippen LogP contribution in [-0.2, 0) is 16.1 Å². The van der Waals surface area contributed by atoms with E-state index in [1.807, 2.05) is 24.3 Å². The highest BCUT2D eigenvalue weighted by Crippen LogP contribution is 2.40. The molecule has 2 aliphatic heterocycles. The number of benzene rings is 3. The summed E-state index contributed by atoms with van der Waals surface area (Å²) in [6, 6.07) is 17.4. The second-order valence-corrected chi connectivity index (χ2v) is 9.56. The topological polar surface area (TPSA) is 88.0 Å². The number of fused-ring (bicyclic) bond motifs is 3. The molecule has 3 aromatic carbocycles. The van der Waals surface area contributed by atoms with E-state index in [-0.39, 0.29) is 19.0 Å². The number of carbonyl (C=O) groups is 3. The number of nitrogens with zero attached hydrogens (tertiary/aromatic N) is 2. The maximum absolute atomic E-state index is 13.7. The summed E-state index contributed by atoms with van der Waals surface area (Å²) >= 11 is 1.34. The van der Waals surface area contributed by atoms with Gasteiger partial charge in [0.15, 0.2) is 11.8 Å². The second-order valence-electron chi connectivity index (χ2n) is 8.41. The van der Waals surface area contributed by atoms with Gasteiger partial charge in [-0.15, -0.1) is 11.8 Å². The fourth-order valence-electron chi connectivity index (χ4n) is 4.35. The van der Waals surface area contributed by atoms with Crippen molar-refractivity contribution in [3.8, 4) is 11.5 Å². The van der Waals surface area contributed by atoms with Crippen molar-refractivity contribution in [1.82, 2.24) is 4.90 Å². The SMILES string of the molecule is COc1ccc(NC(=O)C[N+]2=C3c4ccccc4SC3C(=O)N(Cc3ccc(F)cc3)C2=O)c(OC)c1. The number of urea groups is 1. The molecule has 10 heteroatoms. The Hall–Kier alpha value is -4.18. The van der Waals surface area contributed by atoms with E-state index in [0.29, 0.717) is 28.5 Å². The molecule has 4 amide bonds. The second kappa shape index (κ2) is 10.1. The summed E-state index contributed by atoms with van der Waals surface area (Å²) in [5, 5.41) is 2.11. The lowest BCUT2D eigenvalue weighted by Crippen LogP contribution is -2.56. The zero-order valence-electron chi connectivity index (χ0n) is 20.1. The van der Waals surface area contributed by atoms with Gasteiger partial charge >= 0.3 is 11.9 Å². The van der Waals surface area contributed by atoms with Crippen molar-refractivity contribution in [3.05, 3.63) is 83.7 Å². The van der Waals surface area contributed by atoms with Crippen molar-refractivity contribution in [1.29, 1.82) is 0 Å². The van der Waals surface area contributed by atoms with Crippen LogP contribution >= 0.6 is 11.8 Å². The van der Waals surface area contributed by atoms with Crippen molar-refractivity contribution >= 4 is 41.0 Å². The molecule has 1 atom stereocenters. The van der Waals surface area contributed by atoms with Crippen LogP contribution < -0.4 is 14.8 Å². The van der Waals surface area contributed by atoms with E-state index in [1.54, 1.807) is 18.2 Å². The van der Waals surface area contributed by atoms with E-state index < -0.39 is 23.0 Å². The molecule has 5 rings (SSSR count). The minimum atomic E-state index is -0.682. The Morgan fingerprint density at radius 1 is 1.05 bits per heavy atom. The number of imide groups is 1. The molecule has 2 aliphatic rings. The van der Waals surface area contributed by atoms with E-state index in [2.05, 4.69) is 5.32 Å². The number of ether oxygens (including phenoxy) is 2. The lowest BCUT2D eigenvalue weighted by molar-refractivity contribution is -0.426. The number of methoxy groups -OCH3 is 2. The highest BCUT2D eigenvalue weighted by molar-refractivity contribution is 8.02. The molecule has 37 heavy (non-hydrogen) atoms. The Morgan fingerprint density at radius 2 is 1.81 bits per heavy atom. The molecular weight excluding hydrogens is 497 g/mol. The number of thioether (sulfide) groups is 1. The highest BCUT2D eigenvalue weighted by atomic mass is 32.2. The van der Waals surface area contributed by atoms with E-state index >= 15 is 0 Å². The number of carbonyl (C=O) groups excluding carboxylic acids is 3. The van der Waals surface area contributed by atoms with Crippen molar-refractivity contribution in [3.63, 3.8) is 0 Å². The van der Waals surface area contributed by atoms with Crippen LogP contribution in [0.3, 0.4) is 0 Å². The van der Waals surface area contributed by atoms with Crippen molar-refractivity contribution in [2.45, 2.75) is 16.7 Å². The van der Waals surface area contributed by atoms with Gasteiger partial charge in [-0.25, -0.2) is 9.18 Å². The summed E-state index contributed by atoms with van der Waals surface area (Å²) in [5.74, 6) is -0.288. The number of halogens is 1. The fraction of sp³-hybridized carbons (Fsp3) is 0.185. The zero-order chi connectivity index (χ0) is 26.1. The van der Waals surface area contributed by atoms with Crippen LogP contribution in [0.25, 0.3) is 0 Å². The Balaban J connectivity index is 1.49. The molecule has 0 radical (unpaired) electrons. The summed E-state index contributed by atoms with van der Waals surface area (Å²) in [6.45, 7) is -0.356. The van der Waals surface area contributed by atoms with Crippen molar-refractivity contribution in [2.24, 2.45) is 0 Å². The average molecular weight is 521 g/mol. The summed E-state index contributed by atoms with van der Waals surface area (Å²) in [5.41, 5.74) is 2.25. The van der Waals surface area contributed by atoms with Gasteiger partial charge in [-0.1, -0.05) is 24.3 Å². The quantitative estimate of drug-likeness (QED) is 0.475. The van der Waals surface area contributed by atoms with Gasteiger partial charge < -0.3 is 14.8 Å². The van der Waals surface area contributed by atoms with Crippen LogP contribution in [0.5, 0.6) is 11.5 Å². The molecule has 0 aromatic heterocycles. The molecule has 0 spiro atoms. The Kier molecular flexibility index (Phi) is 6.66. The van der Waals surface area contributed by atoms with Gasteiger partial charge in [-0.05, 0) is 42.0 Å². The highest BCUT2D eigenvalue weighted by Gasteiger charge is 2.52. The van der Waals surface area contributed by atoms with Crippen molar-refractivity contribution < 1.29 is 32.8 Å². The van der Waals surface area contributed by atoms with Gasteiger partial charge in [0.05, 0.1) is 19.9 Å². The number of rotatable bonds is 7. The molecule has 2 heterocycles. The average Bonchev–Trinajstić information content (AvgIpc) is 3.30. The van der Waals surface area contributed by atoms with Crippen LogP contribution in [-0.4, -0.2) is 59.0 Å². The van der Waals surface area contributed by atoms with Gasteiger partial charge in [0, 0.05) is 16.5 Å². The lowest BCUT2D eigenvalue weighted by atomic mass is 10.0. The first-order valence-electron chi connectivity index (χ1n) is 11.4. The number of hydrogen-bond acceptors (Lipinski definition) is 6. The van der Waals surface area contributed by atoms with Gasteiger partial charge in [0.25, 0.3) is 5.91 Å². The Morgan fingerprint density at radius 3 is 2.54 bits per heavy atom. The van der Waals surface area contributed by atoms with Gasteiger partial charge in [0.1, 0.15) is 29.6 Å². The number of hydrogen-bond donors (Lipinski definition) is 1. The first kappa shape index (κ1) is 24.5. The monoisotopic (exact) mass is 520 g/mol. The molecule has 8 nitrogen and oxygen atoms in total. The predicted octanol–water partition coefficient (Wildman–Crippen LogP) is 3.92. The van der Waals surface area contributed by atoms with Crippen LogP contribution in [0, 0.1) is 5.82 Å². The van der Waals surface area contributed by atoms with Gasteiger partial charge in [-0.3, -0.25) is 4.79 Å². The maximum atomic E-state index is 13.7. The Bertz CT molecular complexity index is 1440. The first-order valence-corrected chi connectivity index (χ1v) is 12.3. The third-order valence-corrected chi connectivity index (χ3v) is 7.41. The molecule has 0 fully saturated rings. The van der Waals surface area contributed by atoms with E-state index in [0.717, 1.165) is 15.4 Å². The van der Waals surface area contributed by atoms with E-state index in [9.17, 15) is 18.8 Å². The Labute approximate surface area is 216 Å². The normalized spacial score (nSPS) is 16.4. The van der Waals surface area contributed by atoms with E-state index in [1.165, 1.54) is 54.8 Å². The van der Waals surface area contributed by atoms with Crippen LogP contribution in [0.2, 0.25) is 0 Å². The minimum Gasteiger partial charge on any atom is -0.497 e. The van der Waals surface area contributed by atoms with Crippen molar-refractivity contribution in [2.75, 3.05) is 26.1 Å². The smallest absolute Gasteiger partial charge is 0.497 e. The van der Waals surface area contributed by atoms with E-state index in [4.69, 9.17) is 9.47 Å². The molecule has 188 valence electrons. The summed E-state index contributed by atoms with van der Waals surface area (Å²) in [6.07, 6.45) is 0. The molecule has 0 saturated heterocycles. The predicted molar refractivity (Wildman–Crippen MR) is 136 cm³/mol.